The van der Waals surface area contributed by atoms with Crippen molar-refractivity contribution in [2.75, 3.05) is 13.1 Å². The minimum Gasteiger partial charge on any atom is -0.339 e. The second-order valence-corrected chi connectivity index (χ2v) is 13.3. The molecule has 122 valence electrons. The van der Waals surface area contributed by atoms with Gasteiger partial charge in [-0.3, -0.25) is 4.79 Å². The summed E-state index contributed by atoms with van der Waals surface area (Å²) in [5, 5.41) is 0.298. The van der Waals surface area contributed by atoms with Crippen LogP contribution in [0.4, 0.5) is 0 Å². The van der Waals surface area contributed by atoms with Gasteiger partial charge in [0, 0.05) is 18.7 Å². The first-order valence-corrected chi connectivity index (χ1v) is 11.8. The number of nitrogens with zero attached hydrogens (tertiary/aromatic N) is 1. The summed E-state index contributed by atoms with van der Waals surface area (Å²) in [5.41, 5.74) is 3.50. The molecule has 1 heterocycles. The lowest BCUT2D eigenvalue weighted by atomic mass is 10.1. The van der Waals surface area contributed by atoms with Gasteiger partial charge in [0.05, 0.1) is 8.07 Å². The molecule has 0 unspecified atom stereocenters. The van der Waals surface area contributed by atoms with E-state index in [9.17, 15) is 4.79 Å². The average Bonchev–Trinajstić information content (AvgIpc) is 2.42. The van der Waals surface area contributed by atoms with Gasteiger partial charge in [-0.2, -0.15) is 0 Å². The molecule has 1 rings (SSSR count). The summed E-state index contributed by atoms with van der Waals surface area (Å²) in [7, 11) is -1.55. The second-order valence-electron chi connectivity index (χ2n) is 8.10. The monoisotopic (exact) mass is 309 g/mol. The van der Waals surface area contributed by atoms with Gasteiger partial charge in [0.25, 0.3) is 0 Å². The molecule has 21 heavy (non-hydrogen) atoms. The van der Waals surface area contributed by atoms with E-state index in [1.165, 1.54) is 19.3 Å². The molecule has 1 amide bonds. The molecule has 0 aliphatic carbocycles. The van der Waals surface area contributed by atoms with Crippen LogP contribution in [0.2, 0.25) is 18.1 Å². The molecule has 0 aromatic rings. The Hall–Kier alpha value is -0.573. The number of rotatable bonds is 5. The number of likely N-dealkylation sites (tertiary alicyclic amines) is 1. The van der Waals surface area contributed by atoms with Gasteiger partial charge in [-0.25, -0.2) is 0 Å². The van der Waals surface area contributed by atoms with Crippen LogP contribution >= 0.6 is 0 Å². The fourth-order valence-corrected chi connectivity index (χ4v) is 4.13. The van der Waals surface area contributed by atoms with E-state index in [2.05, 4.69) is 51.4 Å². The number of hydrogen-bond donors (Lipinski definition) is 0. The highest BCUT2D eigenvalue weighted by Crippen LogP contribution is 2.38. The zero-order valence-electron chi connectivity index (χ0n) is 15.1. The summed E-state index contributed by atoms with van der Waals surface area (Å²) in [5.74, 6) is 0.327. The van der Waals surface area contributed by atoms with Crippen molar-refractivity contribution in [3.05, 3.63) is 11.3 Å². The molecule has 1 saturated heterocycles. The van der Waals surface area contributed by atoms with Gasteiger partial charge in [0.15, 0.2) is 0 Å². The Morgan fingerprint density at radius 1 is 1.14 bits per heavy atom. The van der Waals surface area contributed by atoms with Crippen LogP contribution in [0.25, 0.3) is 0 Å². The molecule has 0 saturated carbocycles. The van der Waals surface area contributed by atoms with Crippen LogP contribution < -0.4 is 0 Å². The van der Waals surface area contributed by atoms with Crippen LogP contribution in [0.5, 0.6) is 0 Å². The lowest BCUT2D eigenvalue weighted by Crippen LogP contribution is -2.40. The number of unbranched alkanes of at least 4 members (excludes halogenated alkanes) is 1. The van der Waals surface area contributed by atoms with Crippen LogP contribution in [0.3, 0.4) is 0 Å². The third-order valence-corrected chi connectivity index (χ3v) is 10.1. The first-order chi connectivity index (χ1) is 9.69. The summed E-state index contributed by atoms with van der Waals surface area (Å²) in [4.78, 5) is 15.0. The van der Waals surface area contributed by atoms with Crippen molar-refractivity contribution in [2.45, 2.75) is 84.4 Å². The van der Waals surface area contributed by atoms with Crippen LogP contribution in [0, 0.1) is 0 Å². The van der Waals surface area contributed by atoms with E-state index in [0.29, 0.717) is 10.9 Å². The van der Waals surface area contributed by atoms with Gasteiger partial charge < -0.3 is 4.90 Å². The number of carbonyl (C=O) groups is 1. The summed E-state index contributed by atoms with van der Waals surface area (Å²) in [6.45, 7) is 15.9. The van der Waals surface area contributed by atoms with Gasteiger partial charge >= 0.3 is 0 Å². The van der Waals surface area contributed by atoms with Crippen LogP contribution in [-0.2, 0) is 4.79 Å². The number of hydrogen-bond acceptors (Lipinski definition) is 1. The van der Waals surface area contributed by atoms with Crippen LogP contribution in [0.15, 0.2) is 11.3 Å². The highest BCUT2D eigenvalue weighted by molar-refractivity contribution is 6.85. The SMILES string of the molecule is CCCC/C(=C/[Si](C)(C)C(C)(C)C)C(=O)N1CCCCC1. The van der Waals surface area contributed by atoms with Crippen molar-refractivity contribution < 1.29 is 4.79 Å². The molecule has 0 atom stereocenters. The van der Waals surface area contributed by atoms with E-state index in [0.717, 1.165) is 37.9 Å². The molecule has 1 aliphatic rings. The van der Waals surface area contributed by atoms with Crippen molar-refractivity contribution in [2.24, 2.45) is 0 Å². The predicted octanol–water partition coefficient (Wildman–Crippen LogP) is 5.16. The number of piperidine rings is 1. The Labute approximate surface area is 133 Å². The zero-order chi connectivity index (χ0) is 16.1. The summed E-state index contributed by atoms with van der Waals surface area (Å²) in [6, 6.07) is 0. The first kappa shape index (κ1) is 18.5. The molecule has 0 N–H and O–H groups in total. The quantitative estimate of drug-likeness (QED) is 0.507. The highest BCUT2D eigenvalue weighted by Gasteiger charge is 2.34. The van der Waals surface area contributed by atoms with Gasteiger partial charge in [-0.1, -0.05) is 52.9 Å². The molecule has 0 aromatic heterocycles. The number of amides is 1. The van der Waals surface area contributed by atoms with Gasteiger partial charge in [0.2, 0.25) is 5.91 Å². The zero-order valence-corrected chi connectivity index (χ0v) is 16.1. The molecular weight excluding hydrogens is 274 g/mol. The minimum atomic E-state index is -1.55. The summed E-state index contributed by atoms with van der Waals surface area (Å²) >= 11 is 0. The molecular formula is C18H35NOSi. The molecule has 0 radical (unpaired) electrons. The van der Waals surface area contributed by atoms with E-state index >= 15 is 0 Å². The fourth-order valence-electron chi connectivity index (χ4n) is 2.56. The lowest BCUT2D eigenvalue weighted by molar-refractivity contribution is -0.128. The van der Waals surface area contributed by atoms with Gasteiger partial charge in [-0.05, 0) is 37.1 Å². The molecule has 0 spiro atoms. The Bertz CT molecular complexity index is 373. The maximum atomic E-state index is 12.9. The molecule has 0 bridgehead atoms. The molecule has 3 heteroatoms. The van der Waals surface area contributed by atoms with Crippen molar-refractivity contribution in [3.8, 4) is 0 Å². The third kappa shape index (κ3) is 5.28. The van der Waals surface area contributed by atoms with Gasteiger partial charge in [0.1, 0.15) is 0 Å². The Morgan fingerprint density at radius 2 is 1.71 bits per heavy atom. The minimum absolute atomic E-state index is 0.298. The van der Waals surface area contributed by atoms with Crippen molar-refractivity contribution in [3.63, 3.8) is 0 Å². The smallest absolute Gasteiger partial charge is 0.249 e. The normalized spacial score (nSPS) is 18.0. The van der Waals surface area contributed by atoms with E-state index in [1.807, 2.05) is 0 Å². The van der Waals surface area contributed by atoms with Crippen LogP contribution in [0.1, 0.15) is 66.2 Å². The predicted molar refractivity (Wildman–Crippen MR) is 95.2 cm³/mol. The van der Waals surface area contributed by atoms with E-state index in [1.54, 1.807) is 0 Å². The second kappa shape index (κ2) is 7.62. The standard InChI is InChI=1S/C18H35NOSi/c1-7-8-12-16(15-21(5,6)18(2,3)4)17(20)19-13-10-9-11-14-19/h15H,7-14H2,1-6H3/b16-15-. The van der Waals surface area contributed by atoms with Crippen molar-refractivity contribution in [1.82, 2.24) is 4.90 Å². The lowest BCUT2D eigenvalue weighted by Gasteiger charge is -2.36. The maximum absolute atomic E-state index is 12.9. The summed E-state index contributed by atoms with van der Waals surface area (Å²) in [6.07, 6.45) is 6.86. The topological polar surface area (TPSA) is 20.3 Å². The molecule has 0 aromatic carbocycles. The Balaban J connectivity index is 2.95. The summed E-state index contributed by atoms with van der Waals surface area (Å²) < 4.78 is 0. The number of carbonyl (C=O) groups excluding carboxylic acids is 1. The van der Waals surface area contributed by atoms with E-state index in [4.69, 9.17) is 0 Å². The van der Waals surface area contributed by atoms with Crippen molar-refractivity contribution >= 4 is 14.0 Å². The van der Waals surface area contributed by atoms with Crippen LogP contribution in [-0.4, -0.2) is 32.0 Å². The fraction of sp³-hybridized carbons (Fsp3) is 0.833. The van der Waals surface area contributed by atoms with Gasteiger partial charge in [-0.15, -0.1) is 0 Å². The Morgan fingerprint density at radius 3 is 2.19 bits per heavy atom. The average molecular weight is 310 g/mol. The molecule has 1 fully saturated rings. The van der Waals surface area contributed by atoms with Crippen molar-refractivity contribution in [1.29, 1.82) is 0 Å². The molecule has 2 nitrogen and oxygen atoms in total. The Kier molecular flexibility index (Phi) is 6.70. The van der Waals surface area contributed by atoms with E-state index < -0.39 is 8.07 Å². The largest absolute Gasteiger partial charge is 0.339 e. The molecule has 1 aliphatic heterocycles. The first-order valence-electron chi connectivity index (χ1n) is 8.70. The maximum Gasteiger partial charge on any atom is 0.249 e. The third-order valence-electron chi connectivity index (χ3n) is 5.19. The van der Waals surface area contributed by atoms with E-state index in [-0.39, 0.29) is 0 Å². The highest BCUT2D eigenvalue weighted by atomic mass is 28.3.